The van der Waals surface area contributed by atoms with Crippen LogP contribution in [0.2, 0.25) is 0 Å². The fraction of sp³-hybridized carbons (Fsp3) is 1.00. The molecule has 1 unspecified atom stereocenters. The van der Waals surface area contributed by atoms with E-state index in [4.69, 9.17) is 0 Å². The second-order valence-corrected chi connectivity index (χ2v) is 6.56. The van der Waals surface area contributed by atoms with Gasteiger partial charge in [-0.2, -0.15) is 0 Å². The van der Waals surface area contributed by atoms with Crippen LogP contribution in [0, 0.1) is 11.8 Å². The van der Waals surface area contributed by atoms with Crippen LogP contribution in [0.15, 0.2) is 0 Å². The topological polar surface area (TPSA) is 3.24 Å². The van der Waals surface area contributed by atoms with Crippen molar-refractivity contribution in [3.8, 4) is 0 Å². The number of rotatable bonds is 0. The second-order valence-electron chi connectivity index (χ2n) is 6.56. The van der Waals surface area contributed by atoms with Crippen molar-refractivity contribution < 1.29 is 0 Å². The minimum atomic E-state index is 0.387. The first-order valence-electron chi connectivity index (χ1n) is 5.45. The summed E-state index contributed by atoms with van der Waals surface area (Å²) in [5.74, 6) is 1.67. The highest BCUT2D eigenvalue weighted by Crippen LogP contribution is 2.66. The lowest BCUT2D eigenvalue weighted by atomic mass is 9.64. The Kier molecular flexibility index (Phi) is 1.45. The Morgan fingerprint density at radius 2 is 1.15 bits per heavy atom. The highest BCUT2D eigenvalue weighted by Gasteiger charge is 2.73. The van der Waals surface area contributed by atoms with Crippen molar-refractivity contribution >= 4 is 0 Å². The van der Waals surface area contributed by atoms with Crippen LogP contribution in [-0.2, 0) is 0 Å². The van der Waals surface area contributed by atoms with Crippen LogP contribution in [0.5, 0.6) is 0 Å². The van der Waals surface area contributed by atoms with E-state index in [1.807, 2.05) is 0 Å². The molecule has 1 heteroatoms. The van der Waals surface area contributed by atoms with Crippen molar-refractivity contribution in [1.29, 1.82) is 0 Å². The van der Waals surface area contributed by atoms with Crippen molar-refractivity contribution in [3.05, 3.63) is 0 Å². The van der Waals surface area contributed by atoms with E-state index < -0.39 is 0 Å². The average molecular weight is 181 g/mol. The molecule has 0 spiro atoms. The summed E-state index contributed by atoms with van der Waals surface area (Å²) in [4.78, 5) is 2.71. The van der Waals surface area contributed by atoms with E-state index in [1.54, 1.807) is 0 Å². The normalized spacial score (nSPS) is 48.7. The van der Waals surface area contributed by atoms with E-state index >= 15 is 0 Å². The van der Waals surface area contributed by atoms with Crippen molar-refractivity contribution in [2.45, 2.75) is 65.1 Å². The summed E-state index contributed by atoms with van der Waals surface area (Å²) < 4.78 is 0. The standard InChI is InChI=1S/C12H23N/c1-8-9-11(4,5)13(10(8,2)3)12(9,6)7/h8-9H,1-7H3. The summed E-state index contributed by atoms with van der Waals surface area (Å²) in [6.45, 7) is 16.8. The largest absolute Gasteiger partial charge is 0.287 e. The molecule has 1 atom stereocenters. The first kappa shape index (κ1) is 9.51. The van der Waals surface area contributed by atoms with Crippen LogP contribution in [0.1, 0.15) is 48.5 Å². The van der Waals surface area contributed by atoms with Gasteiger partial charge in [0, 0.05) is 16.6 Å². The van der Waals surface area contributed by atoms with Crippen LogP contribution in [0.3, 0.4) is 0 Å². The van der Waals surface area contributed by atoms with Gasteiger partial charge in [-0.15, -0.1) is 0 Å². The molecule has 3 aliphatic rings. The molecule has 2 bridgehead atoms. The zero-order valence-corrected chi connectivity index (χ0v) is 10.1. The van der Waals surface area contributed by atoms with E-state index in [1.165, 1.54) is 0 Å². The molecule has 0 amide bonds. The average Bonchev–Trinajstić information content (AvgIpc) is 2.03. The molecule has 0 aromatic heterocycles. The highest BCUT2D eigenvalue weighted by molar-refractivity contribution is 5.27. The summed E-state index contributed by atoms with van der Waals surface area (Å²) in [5, 5.41) is 0. The number of hydrogen-bond acceptors (Lipinski definition) is 1. The molecule has 0 aliphatic carbocycles. The molecule has 0 aromatic rings. The van der Waals surface area contributed by atoms with E-state index in [0.29, 0.717) is 16.6 Å². The lowest BCUT2D eigenvalue weighted by Gasteiger charge is -2.63. The quantitative estimate of drug-likeness (QED) is 0.555. The molecular weight excluding hydrogens is 158 g/mol. The summed E-state index contributed by atoms with van der Waals surface area (Å²) in [5.41, 5.74) is 1.23. The van der Waals surface area contributed by atoms with Gasteiger partial charge in [0.1, 0.15) is 0 Å². The summed E-state index contributed by atoms with van der Waals surface area (Å²) >= 11 is 0. The third-order valence-corrected chi connectivity index (χ3v) is 4.87. The van der Waals surface area contributed by atoms with Gasteiger partial charge >= 0.3 is 0 Å². The molecule has 3 saturated heterocycles. The lowest BCUT2D eigenvalue weighted by molar-refractivity contribution is -0.138. The number of nitrogens with zero attached hydrogens (tertiary/aromatic N) is 1. The van der Waals surface area contributed by atoms with Crippen LogP contribution in [0.4, 0.5) is 0 Å². The number of fused-ring (bicyclic) bond motifs is 1. The maximum Gasteiger partial charge on any atom is 0.0212 e. The van der Waals surface area contributed by atoms with E-state index in [2.05, 4.69) is 53.4 Å². The molecule has 3 rings (SSSR count). The second kappa shape index (κ2) is 1.98. The first-order valence-corrected chi connectivity index (χ1v) is 5.45. The summed E-state index contributed by atoms with van der Waals surface area (Å²) in [6, 6.07) is 0. The molecule has 1 nitrogen and oxygen atoms in total. The SMILES string of the molecule is CC1C2C(C)(C)N(C1(C)C)C2(C)C. The van der Waals surface area contributed by atoms with Gasteiger partial charge in [-0.1, -0.05) is 6.92 Å². The Labute approximate surface area is 82.5 Å². The van der Waals surface area contributed by atoms with Gasteiger partial charge in [-0.05, 0) is 53.4 Å². The third-order valence-electron chi connectivity index (χ3n) is 4.87. The lowest BCUT2D eigenvalue weighted by Crippen LogP contribution is -2.72. The Hall–Kier alpha value is -0.0400. The number of hydrogen-bond donors (Lipinski definition) is 0. The van der Waals surface area contributed by atoms with Crippen molar-refractivity contribution in [1.82, 2.24) is 4.90 Å². The Balaban J connectivity index is 2.48. The maximum atomic E-state index is 2.71. The smallest absolute Gasteiger partial charge is 0.0212 e. The van der Waals surface area contributed by atoms with Crippen molar-refractivity contribution in [2.24, 2.45) is 11.8 Å². The van der Waals surface area contributed by atoms with Crippen molar-refractivity contribution in [3.63, 3.8) is 0 Å². The van der Waals surface area contributed by atoms with E-state index in [0.717, 1.165) is 11.8 Å². The van der Waals surface area contributed by atoms with Gasteiger partial charge in [0.15, 0.2) is 0 Å². The van der Waals surface area contributed by atoms with Crippen molar-refractivity contribution in [2.75, 3.05) is 0 Å². The first-order chi connectivity index (χ1) is 5.64. The Bertz CT molecular complexity index is 234. The summed E-state index contributed by atoms with van der Waals surface area (Å²) in [7, 11) is 0. The van der Waals surface area contributed by atoms with Gasteiger partial charge in [0.2, 0.25) is 0 Å². The molecule has 76 valence electrons. The molecule has 3 heterocycles. The molecule has 0 N–H and O–H groups in total. The van der Waals surface area contributed by atoms with Crippen LogP contribution >= 0.6 is 0 Å². The molecule has 0 aromatic carbocycles. The summed E-state index contributed by atoms with van der Waals surface area (Å²) in [6.07, 6.45) is 0. The molecular formula is C12H23N. The molecule has 0 saturated carbocycles. The molecule has 13 heavy (non-hydrogen) atoms. The fourth-order valence-electron chi connectivity index (χ4n) is 5.14. The van der Waals surface area contributed by atoms with Crippen LogP contribution < -0.4 is 0 Å². The predicted octanol–water partition coefficient (Wildman–Crippen LogP) is 2.90. The van der Waals surface area contributed by atoms with Gasteiger partial charge in [-0.3, -0.25) is 4.90 Å². The molecule has 3 fully saturated rings. The zero-order valence-electron chi connectivity index (χ0n) is 10.1. The van der Waals surface area contributed by atoms with Gasteiger partial charge in [0.05, 0.1) is 0 Å². The minimum Gasteiger partial charge on any atom is -0.287 e. The van der Waals surface area contributed by atoms with Gasteiger partial charge < -0.3 is 0 Å². The van der Waals surface area contributed by atoms with Crippen LogP contribution in [0.25, 0.3) is 0 Å². The fourth-order valence-corrected chi connectivity index (χ4v) is 5.14. The monoisotopic (exact) mass is 181 g/mol. The highest BCUT2D eigenvalue weighted by atomic mass is 15.4. The zero-order chi connectivity index (χ0) is 10.2. The predicted molar refractivity (Wildman–Crippen MR) is 56.7 cm³/mol. The van der Waals surface area contributed by atoms with Gasteiger partial charge in [0.25, 0.3) is 0 Å². The molecule has 3 aliphatic heterocycles. The third kappa shape index (κ3) is 0.743. The van der Waals surface area contributed by atoms with Gasteiger partial charge in [-0.25, -0.2) is 0 Å². The maximum absolute atomic E-state index is 2.71. The van der Waals surface area contributed by atoms with E-state index in [9.17, 15) is 0 Å². The van der Waals surface area contributed by atoms with E-state index in [-0.39, 0.29) is 0 Å². The Morgan fingerprint density at radius 1 is 0.769 bits per heavy atom. The van der Waals surface area contributed by atoms with Crippen LogP contribution in [-0.4, -0.2) is 21.5 Å². The minimum absolute atomic E-state index is 0.387. The molecule has 0 radical (unpaired) electrons. The Morgan fingerprint density at radius 3 is 1.23 bits per heavy atom.